The number of nitrogens with zero attached hydrogens (tertiary/aromatic N) is 2. The molecule has 0 fully saturated rings. The lowest BCUT2D eigenvalue weighted by atomic mass is 10.1. The third-order valence-electron chi connectivity index (χ3n) is 2.41. The molecule has 0 radical (unpaired) electrons. The van der Waals surface area contributed by atoms with Crippen molar-refractivity contribution in [1.29, 1.82) is 0 Å². The minimum absolute atomic E-state index is 0.0868. The van der Waals surface area contributed by atoms with Gasteiger partial charge in [-0.3, -0.25) is 9.48 Å². The van der Waals surface area contributed by atoms with Gasteiger partial charge in [-0.15, -0.1) is 0 Å². The van der Waals surface area contributed by atoms with Gasteiger partial charge in [0, 0.05) is 12.8 Å². The van der Waals surface area contributed by atoms with Crippen LogP contribution in [0.2, 0.25) is 0 Å². The van der Waals surface area contributed by atoms with Crippen LogP contribution in [0.3, 0.4) is 0 Å². The van der Waals surface area contributed by atoms with E-state index in [1.54, 1.807) is 4.68 Å². The predicted molar refractivity (Wildman–Crippen MR) is 54.4 cm³/mol. The van der Waals surface area contributed by atoms with Gasteiger partial charge >= 0.3 is 5.97 Å². The predicted octanol–water partition coefficient (Wildman–Crippen LogP) is 0.836. The summed E-state index contributed by atoms with van der Waals surface area (Å²) in [6, 6.07) is 0. The molecule has 0 saturated heterocycles. The van der Waals surface area contributed by atoms with E-state index >= 15 is 0 Å². The van der Waals surface area contributed by atoms with Gasteiger partial charge in [0.2, 0.25) is 0 Å². The second-order valence-corrected chi connectivity index (χ2v) is 4.47. The number of thioether (sulfide) groups is 1. The maximum absolute atomic E-state index is 10.7. The molecule has 0 amide bonds. The van der Waals surface area contributed by atoms with Gasteiger partial charge in [0.05, 0.1) is 17.8 Å². The zero-order valence-corrected chi connectivity index (χ0v) is 8.80. The molecular weight excluding hydrogens is 200 g/mol. The highest BCUT2D eigenvalue weighted by Gasteiger charge is 2.20. The Morgan fingerprint density at radius 3 is 3.21 bits per heavy atom. The molecule has 1 aromatic heterocycles. The van der Waals surface area contributed by atoms with E-state index in [9.17, 15) is 4.79 Å². The molecule has 1 aromatic rings. The number of carboxylic acids is 1. The first kappa shape index (κ1) is 9.58. The van der Waals surface area contributed by atoms with E-state index in [0.717, 1.165) is 34.9 Å². The summed E-state index contributed by atoms with van der Waals surface area (Å²) in [5, 5.41) is 13.1. The van der Waals surface area contributed by atoms with Crippen molar-refractivity contribution in [2.75, 3.05) is 5.75 Å². The van der Waals surface area contributed by atoms with E-state index in [1.807, 2.05) is 18.8 Å². The number of aryl methyl sites for hydroxylation is 1. The van der Waals surface area contributed by atoms with Crippen LogP contribution in [0.25, 0.3) is 0 Å². The Bertz CT molecular complexity index is 373. The van der Waals surface area contributed by atoms with Gasteiger partial charge in [-0.25, -0.2) is 0 Å². The zero-order chi connectivity index (χ0) is 10.1. The molecule has 1 N–H and O–H groups in total. The molecule has 0 atom stereocenters. The van der Waals surface area contributed by atoms with Crippen molar-refractivity contribution in [3.05, 3.63) is 17.0 Å². The third-order valence-corrected chi connectivity index (χ3v) is 3.38. The molecular formula is C9H12N2O2S. The van der Waals surface area contributed by atoms with Crippen LogP contribution >= 0.6 is 11.8 Å². The van der Waals surface area contributed by atoms with Gasteiger partial charge in [0.15, 0.2) is 0 Å². The van der Waals surface area contributed by atoms with E-state index < -0.39 is 5.97 Å². The molecule has 1 aliphatic heterocycles. The van der Waals surface area contributed by atoms with Crippen LogP contribution in [0.4, 0.5) is 0 Å². The number of rotatable bonds is 2. The Hall–Kier alpha value is -0.970. The van der Waals surface area contributed by atoms with Crippen LogP contribution in [0.5, 0.6) is 0 Å². The fourth-order valence-corrected chi connectivity index (χ4v) is 2.69. The molecule has 0 aromatic carbocycles. The SMILES string of the molecule is Cn1nc2c(c1CC(=O)O)CCSC2. The maximum atomic E-state index is 10.7. The van der Waals surface area contributed by atoms with E-state index in [4.69, 9.17) is 5.11 Å². The lowest BCUT2D eigenvalue weighted by Gasteiger charge is -2.09. The van der Waals surface area contributed by atoms with Gasteiger partial charge in [-0.2, -0.15) is 16.9 Å². The van der Waals surface area contributed by atoms with Crippen LogP contribution in [0, 0.1) is 0 Å². The first-order chi connectivity index (χ1) is 6.68. The average Bonchev–Trinajstić information content (AvgIpc) is 2.43. The molecule has 0 spiro atoms. The van der Waals surface area contributed by atoms with E-state index in [0.29, 0.717) is 0 Å². The van der Waals surface area contributed by atoms with E-state index in [-0.39, 0.29) is 6.42 Å². The number of carbonyl (C=O) groups is 1. The van der Waals surface area contributed by atoms with Gasteiger partial charge in [-0.1, -0.05) is 0 Å². The topological polar surface area (TPSA) is 55.1 Å². The smallest absolute Gasteiger partial charge is 0.309 e. The second kappa shape index (κ2) is 3.65. The van der Waals surface area contributed by atoms with Crippen molar-refractivity contribution in [2.24, 2.45) is 7.05 Å². The summed E-state index contributed by atoms with van der Waals surface area (Å²) in [4.78, 5) is 10.7. The van der Waals surface area contributed by atoms with Gasteiger partial charge in [0.25, 0.3) is 0 Å². The Morgan fingerprint density at radius 1 is 1.71 bits per heavy atom. The standard InChI is InChI=1S/C9H12N2O2S/c1-11-8(4-9(12)13)6-2-3-14-5-7(6)10-11/h2-5H2,1H3,(H,12,13). The summed E-state index contributed by atoms with van der Waals surface area (Å²) in [7, 11) is 1.82. The zero-order valence-electron chi connectivity index (χ0n) is 7.99. The first-order valence-electron chi connectivity index (χ1n) is 4.51. The van der Waals surface area contributed by atoms with Gasteiger partial charge < -0.3 is 5.11 Å². The highest BCUT2D eigenvalue weighted by Crippen LogP contribution is 2.26. The summed E-state index contributed by atoms with van der Waals surface area (Å²) < 4.78 is 1.71. The molecule has 4 nitrogen and oxygen atoms in total. The molecule has 76 valence electrons. The first-order valence-corrected chi connectivity index (χ1v) is 5.67. The van der Waals surface area contributed by atoms with Gasteiger partial charge in [-0.05, 0) is 17.7 Å². The number of hydrogen-bond donors (Lipinski definition) is 1. The molecule has 2 rings (SSSR count). The molecule has 2 heterocycles. The molecule has 1 aliphatic rings. The van der Waals surface area contributed by atoms with Crippen molar-refractivity contribution < 1.29 is 9.90 Å². The summed E-state index contributed by atoms with van der Waals surface area (Å²) in [6.07, 6.45) is 1.04. The Labute approximate surface area is 86.3 Å². The molecule has 5 heteroatoms. The average molecular weight is 212 g/mol. The van der Waals surface area contributed by atoms with Crippen LogP contribution in [0.1, 0.15) is 17.0 Å². The third kappa shape index (κ3) is 1.64. The lowest BCUT2D eigenvalue weighted by molar-refractivity contribution is -0.136. The maximum Gasteiger partial charge on any atom is 0.309 e. The Balaban J connectivity index is 2.37. The summed E-state index contributed by atoms with van der Waals surface area (Å²) in [6.45, 7) is 0. The fraction of sp³-hybridized carbons (Fsp3) is 0.556. The fourth-order valence-electron chi connectivity index (χ4n) is 1.78. The Morgan fingerprint density at radius 2 is 2.50 bits per heavy atom. The molecule has 0 aliphatic carbocycles. The Kier molecular flexibility index (Phi) is 2.50. The summed E-state index contributed by atoms with van der Waals surface area (Å²) >= 11 is 1.86. The number of carboxylic acid groups (broad SMARTS) is 1. The number of hydrogen-bond acceptors (Lipinski definition) is 3. The van der Waals surface area contributed by atoms with E-state index in [1.165, 1.54) is 0 Å². The molecule has 14 heavy (non-hydrogen) atoms. The lowest BCUT2D eigenvalue weighted by Crippen LogP contribution is -2.09. The van der Waals surface area contributed by atoms with Crippen molar-refractivity contribution in [2.45, 2.75) is 18.6 Å². The van der Waals surface area contributed by atoms with E-state index in [2.05, 4.69) is 5.10 Å². The number of aliphatic carboxylic acids is 1. The minimum Gasteiger partial charge on any atom is -0.481 e. The largest absolute Gasteiger partial charge is 0.481 e. The van der Waals surface area contributed by atoms with Crippen LogP contribution in [-0.2, 0) is 30.4 Å². The second-order valence-electron chi connectivity index (χ2n) is 3.37. The monoisotopic (exact) mass is 212 g/mol. The summed E-state index contributed by atoms with van der Waals surface area (Å²) in [5.41, 5.74) is 3.10. The molecule has 0 saturated carbocycles. The normalized spacial score (nSPS) is 15.2. The number of aromatic nitrogens is 2. The number of fused-ring (bicyclic) bond motifs is 1. The van der Waals surface area contributed by atoms with Crippen LogP contribution < -0.4 is 0 Å². The summed E-state index contributed by atoms with van der Waals surface area (Å²) in [5.74, 6) is 1.21. The highest BCUT2D eigenvalue weighted by molar-refractivity contribution is 7.98. The van der Waals surface area contributed by atoms with Crippen molar-refractivity contribution in [3.63, 3.8) is 0 Å². The quantitative estimate of drug-likeness (QED) is 0.789. The van der Waals surface area contributed by atoms with Crippen molar-refractivity contribution >= 4 is 17.7 Å². The van der Waals surface area contributed by atoms with Crippen molar-refractivity contribution in [1.82, 2.24) is 9.78 Å². The molecule has 0 bridgehead atoms. The minimum atomic E-state index is -0.783. The highest BCUT2D eigenvalue weighted by atomic mass is 32.2. The van der Waals surface area contributed by atoms with Crippen molar-refractivity contribution in [3.8, 4) is 0 Å². The molecule has 0 unspecified atom stereocenters. The van der Waals surface area contributed by atoms with Crippen LogP contribution in [-0.4, -0.2) is 26.6 Å². The van der Waals surface area contributed by atoms with Gasteiger partial charge in [0.1, 0.15) is 0 Å². The van der Waals surface area contributed by atoms with Crippen LogP contribution in [0.15, 0.2) is 0 Å².